The van der Waals surface area contributed by atoms with E-state index in [0.717, 1.165) is 27.8 Å². The number of nitrogens with zero attached hydrogens (tertiary/aromatic N) is 1. The van der Waals surface area contributed by atoms with Gasteiger partial charge in [0.2, 0.25) is 17.5 Å². The summed E-state index contributed by atoms with van der Waals surface area (Å²) in [6.45, 7) is 7.17. The van der Waals surface area contributed by atoms with Crippen LogP contribution in [0.3, 0.4) is 0 Å². The number of carbonyl (C=O) groups excluding carboxylic acids is 3. The Balaban J connectivity index is 1.18. The monoisotopic (exact) mass is 519 g/mol. The van der Waals surface area contributed by atoms with Crippen LogP contribution in [0, 0.1) is 20.8 Å². The number of aryl methyl sites for hydroxylation is 2. The minimum absolute atomic E-state index is 0.172. The van der Waals surface area contributed by atoms with Gasteiger partial charge in [-0.1, -0.05) is 30.3 Å². The lowest BCUT2D eigenvalue weighted by molar-refractivity contribution is -0.116. The van der Waals surface area contributed by atoms with Crippen molar-refractivity contribution < 1.29 is 18.8 Å². The van der Waals surface area contributed by atoms with Gasteiger partial charge in [0.25, 0.3) is 0 Å². The largest absolute Gasteiger partial charge is 0.459 e. The number of aromatic nitrogens is 1. The third-order valence-electron chi connectivity index (χ3n) is 7.02. The second-order valence-electron chi connectivity index (χ2n) is 9.75. The average molecular weight is 520 g/mol. The van der Waals surface area contributed by atoms with Gasteiger partial charge in [0.1, 0.15) is 11.5 Å². The van der Waals surface area contributed by atoms with E-state index in [1.165, 1.54) is 6.08 Å². The molecule has 0 bridgehead atoms. The molecule has 2 aromatic carbocycles. The molecule has 0 saturated carbocycles. The van der Waals surface area contributed by atoms with Crippen molar-refractivity contribution in [3.8, 4) is 11.3 Å². The summed E-state index contributed by atoms with van der Waals surface area (Å²) in [7, 11) is 0. The van der Waals surface area contributed by atoms with Crippen molar-refractivity contribution >= 4 is 23.5 Å². The SMILES string of the molecule is Cc1cc2c(cc1C)-c1oc(CNCc3ccc(CNC(=O)/C=C/c4cccnc4)cc3)c(C)c1C(=O)C2=O. The Labute approximate surface area is 227 Å². The fourth-order valence-electron chi connectivity index (χ4n) is 4.61. The number of Topliss-reactive ketones (excluding diaryl/α,β-unsaturated/α-hetero) is 2. The van der Waals surface area contributed by atoms with Crippen LogP contribution < -0.4 is 10.6 Å². The summed E-state index contributed by atoms with van der Waals surface area (Å²) in [5, 5.41) is 6.24. The molecule has 0 fully saturated rings. The van der Waals surface area contributed by atoms with Gasteiger partial charge in [-0.25, -0.2) is 0 Å². The first kappa shape index (κ1) is 26.0. The second kappa shape index (κ2) is 11.0. The summed E-state index contributed by atoms with van der Waals surface area (Å²) in [5.41, 5.74) is 7.09. The fourth-order valence-corrected chi connectivity index (χ4v) is 4.61. The van der Waals surface area contributed by atoms with Gasteiger partial charge in [-0.15, -0.1) is 0 Å². The highest BCUT2D eigenvalue weighted by atomic mass is 16.3. The summed E-state index contributed by atoms with van der Waals surface area (Å²) in [6, 6.07) is 15.4. The zero-order chi connectivity index (χ0) is 27.5. The van der Waals surface area contributed by atoms with E-state index < -0.39 is 11.6 Å². The summed E-state index contributed by atoms with van der Waals surface area (Å²) >= 11 is 0. The van der Waals surface area contributed by atoms with Crippen LogP contribution in [0.2, 0.25) is 0 Å². The number of carbonyl (C=O) groups is 3. The molecule has 4 aromatic rings. The van der Waals surface area contributed by atoms with Crippen LogP contribution in [-0.2, 0) is 24.4 Å². The normalized spacial score (nSPS) is 12.5. The van der Waals surface area contributed by atoms with Crippen LogP contribution in [-0.4, -0.2) is 22.5 Å². The van der Waals surface area contributed by atoms with E-state index in [-0.39, 0.29) is 5.91 Å². The fraction of sp³-hybridized carbons (Fsp3) is 0.188. The maximum absolute atomic E-state index is 12.9. The molecule has 0 aliphatic heterocycles. The van der Waals surface area contributed by atoms with Gasteiger partial charge < -0.3 is 15.1 Å². The zero-order valence-corrected chi connectivity index (χ0v) is 22.1. The van der Waals surface area contributed by atoms with Gasteiger partial charge >= 0.3 is 0 Å². The molecule has 2 heterocycles. The molecule has 5 rings (SSSR count). The first-order valence-corrected chi connectivity index (χ1v) is 12.8. The molecule has 1 amide bonds. The van der Waals surface area contributed by atoms with Crippen LogP contribution in [0.4, 0.5) is 0 Å². The van der Waals surface area contributed by atoms with Gasteiger partial charge in [0.15, 0.2) is 0 Å². The summed E-state index contributed by atoms with van der Waals surface area (Å²) in [5.74, 6) is -0.0397. The smallest absolute Gasteiger partial charge is 0.244 e. The van der Waals surface area contributed by atoms with Gasteiger partial charge in [0.05, 0.1) is 12.1 Å². The van der Waals surface area contributed by atoms with Crippen molar-refractivity contribution in [2.24, 2.45) is 0 Å². The molecule has 0 radical (unpaired) electrons. The van der Waals surface area contributed by atoms with Crippen molar-refractivity contribution in [3.63, 3.8) is 0 Å². The number of amides is 1. The zero-order valence-electron chi connectivity index (χ0n) is 22.1. The number of furan rings is 1. The average Bonchev–Trinajstić information content (AvgIpc) is 3.27. The first-order chi connectivity index (χ1) is 18.8. The van der Waals surface area contributed by atoms with Crippen LogP contribution in [0.15, 0.2) is 71.4 Å². The summed E-state index contributed by atoms with van der Waals surface area (Å²) in [4.78, 5) is 41.8. The molecule has 0 spiro atoms. The number of fused-ring (bicyclic) bond motifs is 3. The molecule has 2 aromatic heterocycles. The topological polar surface area (TPSA) is 101 Å². The molecule has 1 aliphatic rings. The molecule has 39 heavy (non-hydrogen) atoms. The van der Waals surface area contributed by atoms with Crippen LogP contribution in [0.25, 0.3) is 17.4 Å². The Morgan fingerprint density at radius 2 is 1.59 bits per heavy atom. The number of hydrogen-bond donors (Lipinski definition) is 2. The lowest BCUT2D eigenvalue weighted by Gasteiger charge is -2.15. The Morgan fingerprint density at radius 3 is 2.28 bits per heavy atom. The highest BCUT2D eigenvalue weighted by Gasteiger charge is 2.36. The van der Waals surface area contributed by atoms with E-state index in [1.807, 2.05) is 63.2 Å². The summed E-state index contributed by atoms with van der Waals surface area (Å²) in [6.07, 6.45) is 6.60. The molecule has 1 aliphatic carbocycles. The molecule has 7 heteroatoms. The van der Waals surface area contributed by atoms with Gasteiger partial charge in [0, 0.05) is 48.2 Å². The van der Waals surface area contributed by atoms with E-state index in [9.17, 15) is 14.4 Å². The molecular formula is C32H29N3O4. The van der Waals surface area contributed by atoms with Crippen molar-refractivity contribution in [1.29, 1.82) is 0 Å². The quantitative estimate of drug-likeness (QED) is 0.243. The van der Waals surface area contributed by atoms with E-state index in [2.05, 4.69) is 15.6 Å². The Kier molecular flexibility index (Phi) is 7.34. The molecule has 0 atom stereocenters. The third kappa shape index (κ3) is 5.49. The van der Waals surface area contributed by atoms with Crippen molar-refractivity contribution in [1.82, 2.24) is 15.6 Å². The molecule has 2 N–H and O–H groups in total. The predicted octanol–water partition coefficient (Wildman–Crippen LogP) is 5.27. The minimum Gasteiger partial charge on any atom is -0.459 e. The highest BCUT2D eigenvalue weighted by molar-refractivity contribution is 6.53. The first-order valence-electron chi connectivity index (χ1n) is 12.8. The number of benzene rings is 2. The van der Waals surface area contributed by atoms with Crippen molar-refractivity contribution in [2.75, 3.05) is 0 Å². The van der Waals surface area contributed by atoms with E-state index in [0.29, 0.717) is 53.4 Å². The van der Waals surface area contributed by atoms with Crippen molar-refractivity contribution in [3.05, 3.63) is 117 Å². The molecular weight excluding hydrogens is 490 g/mol. The minimum atomic E-state index is -0.511. The lowest BCUT2D eigenvalue weighted by Crippen LogP contribution is -2.21. The van der Waals surface area contributed by atoms with Crippen LogP contribution in [0.1, 0.15) is 59.9 Å². The van der Waals surface area contributed by atoms with Crippen molar-refractivity contribution in [2.45, 2.75) is 40.4 Å². The highest BCUT2D eigenvalue weighted by Crippen LogP contribution is 2.39. The van der Waals surface area contributed by atoms with Gasteiger partial charge in [-0.3, -0.25) is 19.4 Å². The standard InChI is InChI=1S/C32H29N3O4/c1-19-13-25-26(14-20(19)2)32-29(31(38)30(25)37)21(3)27(39-32)18-34-16-23-6-8-24(9-7-23)17-35-28(36)11-10-22-5-4-12-33-15-22/h4-15,34H,16-18H2,1-3H3,(H,35,36)/b11-10+. The van der Waals surface area contributed by atoms with E-state index in [1.54, 1.807) is 24.5 Å². The Hall–Kier alpha value is -4.62. The van der Waals surface area contributed by atoms with Crippen LogP contribution in [0.5, 0.6) is 0 Å². The van der Waals surface area contributed by atoms with Gasteiger partial charge in [-0.2, -0.15) is 0 Å². The maximum atomic E-state index is 12.9. The Bertz CT molecular complexity index is 1600. The number of ketones is 2. The number of rotatable bonds is 8. The van der Waals surface area contributed by atoms with Crippen LogP contribution >= 0.6 is 0 Å². The Morgan fingerprint density at radius 1 is 0.897 bits per heavy atom. The van der Waals surface area contributed by atoms with Gasteiger partial charge in [-0.05, 0) is 72.9 Å². The molecule has 196 valence electrons. The lowest BCUT2D eigenvalue weighted by atomic mass is 9.85. The number of pyridine rings is 1. The van der Waals surface area contributed by atoms with E-state index >= 15 is 0 Å². The van der Waals surface area contributed by atoms with E-state index in [4.69, 9.17) is 4.42 Å². The molecule has 0 saturated heterocycles. The third-order valence-corrected chi connectivity index (χ3v) is 7.02. The number of hydrogen-bond acceptors (Lipinski definition) is 6. The molecule has 0 unspecified atom stereocenters. The predicted molar refractivity (Wildman–Crippen MR) is 149 cm³/mol. The maximum Gasteiger partial charge on any atom is 0.244 e. The summed E-state index contributed by atoms with van der Waals surface area (Å²) < 4.78 is 6.15. The second-order valence-corrected chi connectivity index (χ2v) is 9.75. The number of nitrogens with one attached hydrogen (secondary N) is 2. The molecule has 7 nitrogen and oxygen atoms in total.